The molecule has 0 fully saturated rings. The fourth-order valence-electron chi connectivity index (χ4n) is 4.03. The molecule has 3 aromatic carbocycles. The van der Waals surface area contributed by atoms with Crippen molar-refractivity contribution in [3.05, 3.63) is 93.3 Å². The van der Waals surface area contributed by atoms with Gasteiger partial charge in [-0.05, 0) is 55.7 Å². The molecule has 1 unspecified atom stereocenters. The van der Waals surface area contributed by atoms with Crippen molar-refractivity contribution >= 4 is 10.1 Å². The highest BCUT2D eigenvalue weighted by atomic mass is 32.2. The first kappa shape index (κ1) is 20.4. The molecule has 1 atom stereocenters. The van der Waals surface area contributed by atoms with Gasteiger partial charge in [0.2, 0.25) is 0 Å². The molecule has 156 valence electrons. The number of rotatable bonds is 2. The van der Waals surface area contributed by atoms with Crippen molar-refractivity contribution in [3.63, 3.8) is 0 Å². The predicted molar refractivity (Wildman–Crippen MR) is 103 cm³/mol. The molecule has 4 nitrogen and oxygen atoms in total. The van der Waals surface area contributed by atoms with Gasteiger partial charge in [0.15, 0.2) is 23.0 Å². The van der Waals surface area contributed by atoms with Crippen LogP contribution in [0.15, 0.2) is 47.4 Å². The van der Waals surface area contributed by atoms with E-state index in [0.29, 0.717) is 11.1 Å². The standard InChI is InChI=1S/C22H17F3O4S/c1-11-8-12(2)17(23)9-15(11)22(16-10-18(24)21(26)20(25)13(16)3)14-6-4-5-7-19(14)30(27,28)29-22/h4-10,26H,1-3H3. The molecule has 0 saturated heterocycles. The molecule has 1 aliphatic rings. The topological polar surface area (TPSA) is 63.6 Å². The van der Waals surface area contributed by atoms with Crippen molar-refractivity contribution < 1.29 is 30.9 Å². The van der Waals surface area contributed by atoms with E-state index in [4.69, 9.17) is 4.18 Å². The van der Waals surface area contributed by atoms with Crippen molar-refractivity contribution in [2.75, 3.05) is 0 Å². The van der Waals surface area contributed by atoms with Gasteiger partial charge >= 0.3 is 0 Å². The van der Waals surface area contributed by atoms with Crippen LogP contribution in [0.25, 0.3) is 0 Å². The summed E-state index contributed by atoms with van der Waals surface area (Å²) in [6.07, 6.45) is 0. The van der Waals surface area contributed by atoms with Crippen molar-refractivity contribution in [1.82, 2.24) is 0 Å². The molecule has 0 spiro atoms. The Labute approximate surface area is 171 Å². The molecule has 30 heavy (non-hydrogen) atoms. The summed E-state index contributed by atoms with van der Waals surface area (Å²) in [7, 11) is -4.33. The molecule has 1 aliphatic heterocycles. The van der Waals surface area contributed by atoms with Gasteiger partial charge in [0, 0.05) is 16.7 Å². The molecule has 0 bridgehead atoms. The van der Waals surface area contributed by atoms with Gasteiger partial charge in [-0.2, -0.15) is 8.42 Å². The summed E-state index contributed by atoms with van der Waals surface area (Å²) in [4.78, 5) is -0.182. The lowest BCUT2D eigenvalue weighted by atomic mass is 9.76. The number of hydrogen-bond donors (Lipinski definition) is 1. The summed E-state index contributed by atoms with van der Waals surface area (Å²) in [6.45, 7) is 4.44. The van der Waals surface area contributed by atoms with E-state index in [2.05, 4.69) is 0 Å². The second-order valence-electron chi connectivity index (χ2n) is 7.32. The zero-order valence-electron chi connectivity index (χ0n) is 16.3. The zero-order valence-corrected chi connectivity index (χ0v) is 17.1. The maximum absolute atomic E-state index is 14.6. The monoisotopic (exact) mass is 434 g/mol. The van der Waals surface area contributed by atoms with Crippen LogP contribution in [-0.2, 0) is 19.9 Å². The van der Waals surface area contributed by atoms with Crippen LogP contribution in [0, 0.1) is 38.2 Å². The van der Waals surface area contributed by atoms with Crippen molar-refractivity contribution in [3.8, 4) is 5.75 Å². The average Bonchev–Trinajstić information content (AvgIpc) is 2.94. The second-order valence-corrected chi connectivity index (χ2v) is 8.84. The van der Waals surface area contributed by atoms with Gasteiger partial charge in [0.25, 0.3) is 10.1 Å². The van der Waals surface area contributed by atoms with E-state index in [0.717, 1.165) is 12.1 Å². The Bertz CT molecular complexity index is 1320. The molecule has 0 saturated carbocycles. The molecular formula is C22H17F3O4S. The quantitative estimate of drug-likeness (QED) is 0.592. The molecule has 0 aliphatic carbocycles. The molecule has 4 rings (SSSR count). The number of benzene rings is 3. The Balaban J connectivity index is 2.23. The number of aryl methyl sites for hydroxylation is 2. The van der Waals surface area contributed by atoms with Crippen LogP contribution in [0.4, 0.5) is 13.2 Å². The Kier molecular flexibility index (Phi) is 4.48. The highest BCUT2D eigenvalue weighted by molar-refractivity contribution is 7.87. The Morgan fingerprint density at radius 1 is 0.867 bits per heavy atom. The number of phenols is 1. The van der Waals surface area contributed by atoms with Gasteiger partial charge < -0.3 is 5.11 Å². The molecule has 0 aromatic heterocycles. The highest BCUT2D eigenvalue weighted by Gasteiger charge is 2.53. The van der Waals surface area contributed by atoms with E-state index in [9.17, 15) is 26.7 Å². The van der Waals surface area contributed by atoms with Gasteiger partial charge in [-0.15, -0.1) is 0 Å². The molecule has 1 N–H and O–H groups in total. The second kappa shape index (κ2) is 6.58. The summed E-state index contributed by atoms with van der Waals surface area (Å²) in [5.74, 6) is -4.35. The maximum atomic E-state index is 14.6. The lowest BCUT2D eigenvalue weighted by Gasteiger charge is -2.32. The Morgan fingerprint density at radius 2 is 1.50 bits per heavy atom. The van der Waals surface area contributed by atoms with Crippen molar-refractivity contribution in [2.45, 2.75) is 31.3 Å². The van der Waals surface area contributed by atoms with Gasteiger partial charge in [-0.3, -0.25) is 0 Å². The largest absolute Gasteiger partial charge is 0.503 e. The summed E-state index contributed by atoms with van der Waals surface area (Å²) < 4.78 is 75.0. The number of fused-ring (bicyclic) bond motifs is 1. The fourth-order valence-corrected chi connectivity index (χ4v) is 5.44. The zero-order chi connectivity index (χ0) is 22.0. The van der Waals surface area contributed by atoms with Crippen LogP contribution in [0.2, 0.25) is 0 Å². The van der Waals surface area contributed by atoms with Crippen molar-refractivity contribution in [2.24, 2.45) is 0 Å². The minimum Gasteiger partial charge on any atom is -0.503 e. The first-order chi connectivity index (χ1) is 14.0. The van der Waals surface area contributed by atoms with E-state index >= 15 is 0 Å². The third-order valence-corrected chi connectivity index (χ3v) is 6.84. The van der Waals surface area contributed by atoms with Crippen LogP contribution in [-0.4, -0.2) is 13.5 Å². The minimum atomic E-state index is -4.33. The number of halogens is 3. The smallest absolute Gasteiger partial charge is 0.298 e. The normalized spacial score (nSPS) is 19.7. The van der Waals surface area contributed by atoms with Crippen LogP contribution in [0.3, 0.4) is 0 Å². The van der Waals surface area contributed by atoms with Gasteiger partial charge in [-0.1, -0.05) is 24.3 Å². The van der Waals surface area contributed by atoms with Gasteiger partial charge in [0.05, 0.1) is 0 Å². The molecular weight excluding hydrogens is 417 g/mol. The van der Waals surface area contributed by atoms with Gasteiger partial charge in [-0.25, -0.2) is 17.4 Å². The summed E-state index contributed by atoms with van der Waals surface area (Å²) in [6, 6.07) is 9.26. The lowest BCUT2D eigenvalue weighted by Crippen LogP contribution is -2.32. The van der Waals surface area contributed by atoms with E-state index < -0.39 is 38.9 Å². The maximum Gasteiger partial charge on any atom is 0.298 e. The first-order valence-electron chi connectivity index (χ1n) is 9.01. The minimum absolute atomic E-state index is 0.0896. The lowest BCUT2D eigenvalue weighted by molar-refractivity contribution is 0.176. The summed E-state index contributed by atoms with van der Waals surface area (Å²) >= 11 is 0. The van der Waals surface area contributed by atoms with Crippen LogP contribution < -0.4 is 0 Å². The molecule has 1 heterocycles. The first-order valence-corrected chi connectivity index (χ1v) is 10.4. The molecule has 8 heteroatoms. The van der Waals surface area contributed by atoms with E-state index in [1.165, 1.54) is 31.2 Å². The number of hydrogen-bond acceptors (Lipinski definition) is 4. The summed E-state index contributed by atoms with van der Waals surface area (Å²) in [5.41, 5.74) is -1.46. The Hall–Kier alpha value is -2.84. The predicted octanol–water partition coefficient (Wildman–Crippen LogP) is 4.75. The van der Waals surface area contributed by atoms with E-state index in [-0.39, 0.29) is 27.1 Å². The molecule has 3 aromatic rings. The van der Waals surface area contributed by atoms with Crippen LogP contribution in [0.5, 0.6) is 5.75 Å². The SMILES string of the molecule is Cc1cc(C)c(C2(c3cc(F)c(O)c(F)c3C)OS(=O)(=O)c3ccccc32)cc1F. The Morgan fingerprint density at radius 3 is 2.20 bits per heavy atom. The summed E-state index contributed by atoms with van der Waals surface area (Å²) in [5, 5.41) is 9.67. The van der Waals surface area contributed by atoms with Crippen LogP contribution in [0.1, 0.15) is 33.4 Å². The average molecular weight is 434 g/mol. The highest BCUT2D eigenvalue weighted by Crippen LogP contribution is 2.53. The van der Waals surface area contributed by atoms with Crippen molar-refractivity contribution in [1.29, 1.82) is 0 Å². The van der Waals surface area contributed by atoms with E-state index in [1.54, 1.807) is 19.9 Å². The fraction of sp³-hybridized carbons (Fsp3) is 0.182. The molecule has 0 radical (unpaired) electrons. The third kappa shape index (κ3) is 2.67. The third-order valence-electron chi connectivity index (χ3n) is 5.47. The number of phenolic OH excluding ortho intramolecular Hbond substituents is 1. The van der Waals surface area contributed by atoms with Gasteiger partial charge in [0.1, 0.15) is 10.7 Å². The van der Waals surface area contributed by atoms with Crippen LogP contribution >= 0.6 is 0 Å². The van der Waals surface area contributed by atoms with E-state index in [1.807, 2.05) is 0 Å². The molecule has 0 amide bonds. The number of aromatic hydroxyl groups is 1.